The van der Waals surface area contributed by atoms with Gasteiger partial charge in [0.05, 0.1) is 6.61 Å². The van der Waals surface area contributed by atoms with E-state index < -0.39 is 13.4 Å². The van der Waals surface area contributed by atoms with Crippen LogP contribution in [-0.2, 0) is 26.7 Å². The molecule has 1 heterocycles. The van der Waals surface area contributed by atoms with Gasteiger partial charge in [0.2, 0.25) is 0 Å². The molecule has 6 nitrogen and oxygen atoms in total. The van der Waals surface area contributed by atoms with Crippen molar-refractivity contribution in [1.29, 1.82) is 0 Å². The average Bonchev–Trinajstić information content (AvgIpc) is 3.13. The zero-order chi connectivity index (χ0) is 21.2. The summed E-state index contributed by atoms with van der Waals surface area (Å²) >= 11 is 0. The van der Waals surface area contributed by atoms with E-state index in [1.54, 1.807) is 0 Å². The van der Waals surface area contributed by atoms with Crippen molar-refractivity contribution in [3.05, 3.63) is 47.0 Å². The van der Waals surface area contributed by atoms with E-state index in [1.165, 1.54) is 23.1 Å². The van der Waals surface area contributed by atoms with Crippen LogP contribution < -0.4 is 5.73 Å². The Morgan fingerprint density at radius 2 is 1.90 bits per heavy atom. The van der Waals surface area contributed by atoms with Crippen LogP contribution in [0.1, 0.15) is 61.1 Å². The van der Waals surface area contributed by atoms with Crippen LogP contribution in [0.2, 0.25) is 0 Å². The first-order valence-corrected chi connectivity index (χ1v) is 12.7. The van der Waals surface area contributed by atoms with E-state index in [1.807, 2.05) is 0 Å². The topological polar surface area (TPSA) is 102 Å². The van der Waals surface area contributed by atoms with Crippen LogP contribution in [0.3, 0.4) is 0 Å². The third kappa shape index (κ3) is 5.82. The summed E-state index contributed by atoms with van der Waals surface area (Å²) in [4.78, 5) is 17.9. The molecule has 0 amide bonds. The van der Waals surface area contributed by atoms with Gasteiger partial charge in [-0.15, -0.1) is 0 Å². The SMILES string of the molecule is N[C@]1(COP(=O)(O)O)CC[C@H](c2ccc3c(c2)CC[C@@H](/C=C/C2CCOCC2)C3)C1. The van der Waals surface area contributed by atoms with Crippen molar-refractivity contribution in [3.63, 3.8) is 0 Å². The largest absolute Gasteiger partial charge is 0.469 e. The van der Waals surface area contributed by atoms with E-state index in [0.717, 1.165) is 45.3 Å². The molecule has 3 atom stereocenters. The molecule has 1 saturated carbocycles. The number of hydrogen-bond donors (Lipinski definition) is 3. The van der Waals surface area contributed by atoms with Crippen LogP contribution in [0.15, 0.2) is 30.4 Å². The van der Waals surface area contributed by atoms with Crippen LogP contribution in [0, 0.1) is 11.8 Å². The van der Waals surface area contributed by atoms with Gasteiger partial charge in [-0.1, -0.05) is 30.4 Å². The Balaban J connectivity index is 1.35. The first kappa shape index (κ1) is 22.2. The number of rotatable bonds is 6. The average molecular weight is 436 g/mol. The van der Waals surface area contributed by atoms with E-state index in [2.05, 4.69) is 30.4 Å². The van der Waals surface area contributed by atoms with Gasteiger partial charge in [-0.2, -0.15) is 0 Å². The molecule has 0 aromatic heterocycles. The van der Waals surface area contributed by atoms with Gasteiger partial charge in [0, 0.05) is 18.8 Å². The summed E-state index contributed by atoms with van der Waals surface area (Å²) in [5, 5.41) is 0. The van der Waals surface area contributed by atoms with Gasteiger partial charge in [0.15, 0.2) is 0 Å². The Morgan fingerprint density at radius 1 is 1.13 bits per heavy atom. The molecule has 30 heavy (non-hydrogen) atoms. The summed E-state index contributed by atoms with van der Waals surface area (Å²) in [6, 6.07) is 6.85. The minimum atomic E-state index is -4.48. The second-order valence-corrected chi connectivity index (χ2v) is 10.7. The first-order chi connectivity index (χ1) is 14.3. The number of aryl methyl sites for hydroxylation is 1. The molecule has 7 heteroatoms. The minimum absolute atomic E-state index is 0.0974. The lowest BCUT2D eigenvalue weighted by Crippen LogP contribution is -2.41. The number of nitrogens with two attached hydrogens (primary N) is 1. The van der Waals surface area contributed by atoms with Crippen molar-refractivity contribution in [2.24, 2.45) is 17.6 Å². The normalized spacial score (nSPS) is 30.6. The Bertz CT molecular complexity index is 816. The summed E-state index contributed by atoms with van der Waals surface area (Å²) in [6.07, 6.45) is 12.9. The molecule has 1 aliphatic heterocycles. The predicted octanol–water partition coefficient (Wildman–Crippen LogP) is 3.85. The zero-order valence-corrected chi connectivity index (χ0v) is 18.4. The highest BCUT2D eigenvalue weighted by Crippen LogP contribution is 2.44. The molecule has 0 unspecified atom stereocenters. The third-order valence-electron chi connectivity index (χ3n) is 7.05. The maximum absolute atomic E-state index is 11.0. The smallest absolute Gasteiger partial charge is 0.381 e. The Hall–Kier alpha value is -1.01. The lowest BCUT2D eigenvalue weighted by atomic mass is 9.81. The molecule has 3 aliphatic rings. The van der Waals surface area contributed by atoms with Crippen molar-refractivity contribution in [2.75, 3.05) is 19.8 Å². The van der Waals surface area contributed by atoms with E-state index in [4.69, 9.17) is 24.8 Å². The third-order valence-corrected chi connectivity index (χ3v) is 7.52. The van der Waals surface area contributed by atoms with Crippen molar-refractivity contribution in [1.82, 2.24) is 0 Å². The number of phosphoric ester groups is 1. The fraction of sp³-hybridized carbons (Fsp3) is 0.652. The van der Waals surface area contributed by atoms with E-state index >= 15 is 0 Å². The van der Waals surface area contributed by atoms with Crippen molar-refractivity contribution in [3.8, 4) is 0 Å². The molecule has 0 radical (unpaired) electrons. The highest BCUT2D eigenvalue weighted by molar-refractivity contribution is 7.46. The molecule has 2 aliphatic carbocycles. The molecule has 2 fully saturated rings. The van der Waals surface area contributed by atoms with E-state index in [0.29, 0.717) is 30.6 Å². The van der Waals surface area contributed by atoms with E-state index in [-0.39, 0.29) is 6.61 Å². The van der Waals surface area contributed by atoms with Gasteiger partial charge in [-0.25, -0.2) is 4.57 Å². The number of ether oxygens (including phenoxy) is 1. The number of benzene rings is 1. The van der Waals surface area contributed by atoms with Crippen molar-refractivity contribution >= 4 is 7.82 Å². The molecule has 0 bridgehead atoms. The molecule has 4 N–H and O–H groups in total. The summed E-state index contributed by atoms with van der Waals surface area (Å²) in [5.74, 6) is 1.63. The Kier molecular flexibility index (Phi) is 6.83. The number of phosphoric acid groups is 1. The second-order valence-electron chi connectivity index (χ2n) is 9.43. The highest BCUT2D eigenvalue weighted by atomic mass is 31.2. The predicted molar refractivity (Wildman–Crippen MR) is 116 cm³/mol. The molecule has 0 spiro atoms. The second kappa shape index (κ2) is 9.23. The van der Waals surface area contributed by atoms with Crippen LogP contribution >= 0.6 is 7.82 Å². The molecule has 166 valence electrons. The fourth-order valence-corrected chi connectivity index (χ4v) is 5.65. The lowest BCUT2D eigenvalue weighted by molar-refractivity contribution is 0.0784. The monoisotopic (exact) mass is 435 g/mol. The van der Waals surface area contributed by atoms with Crippen LogP contribution in [0.5, 0.6) is 0 Å². The molecular formula is C23H34NO5P. The quantitative estimate of drug-likeness (QED) is 0.463. The van der Waals surface area contributed by atoms with Gasteiger partial charge < -0.3 is 20.3 Å². The number of allylic oxidation sites excluding steroid dienone is 2. The van der Waals surface area contributed by atoms with Gasteiger partial charge in [0.25, 0.3) is 0 Å². The van der Waals surface area contributed by atoms with Crippen molar-refractivity contribution in [2.45, 2.75) is 62.8 Å². The highest BCUT2D eigenvalue weighted by Gasteiger charge is 2.38. The summed E-state index contributed by atoms with van der Waals surface area (Å²) in [6.45, 7) is 1.68. The standard InChI is InChI=1S/C23H34NO5P/c24-23(16-29-30(25,26)27)10-7-22(15-23)21-6-5-19-13-18(3-4-20(19)14-21)2-1-17-8-11-28-12-9-17/h1-2,5-6,14,17-18,22H,3-4,7-13,15-16,24H2,(H2,25,26,27)/b2-1+/t18-,22+,23-/m1/s1. The molecule has 1 aromatic carbocycles. The minimum Gasteiger partial charge on any atom is -0.381 e. The maximum atomic E-state index is 11.0. The molecule has 4 rings (SSSR count). The van der Waals surface area contributed by atoms with Crippen molar-refractivity contribution < 1.29 is 23.6 Å². The van der Waals surface area contributed by atoms with Gasteiger partial charge in [-0.05, 0) is 85.8 Å². The molecular weight excluding hydrogens is 401 g/mol. The van der Waals surface area contributed by atoms with Crippen LogP contribution in [0.4, 0.5) is 0 Å². The van der Waals surface area contributed by atoms with Crippen LogP contribution in [0.25, 0.3) is 0 Å². The summed E-state index contributed by atoms with van der Waals surface area (Å²) in [7, 11) is -4.48. The first-order valence-electron chi connectivity index (χ1n) is 11.2. The Labute approximate surface area is 179 Å². The van der Waals surface area contributed by atoms with E-state index in [9.17, 15) is 4.57 Å². The van der Waals surface area contributed by atoms with Gasteiger partial charge in [-0.3, -0.25) is 4.52 Å². The fourth-order valence-electron chi connectivity index (χ4n) is 5.23. The number of hydrogen-bond acceptors (Lipinski definition) is 4. The maximum Gasteiger partial charge on any atom is 0.469 e. The molecule has 1 saturated heterocycles. The Morgan fingerprint density at radius 3 is 2.67 bits per heavy atom. The van der Waals surface area contributed by atoms with Crippen LogP contribution in [-0.4, -0.2) is 35.1 Å². The lowest BCUT2D eigenvalue weighted by Gasteiger charge is -2.26. The number of fused-ring (bicyclic) bond motifs is 1. The van der Waals surface area contributed by atoms with Gasteiger partial charge >= 0.3 is 7.82 Å². The summed E-state index contributed by atoms with van der Waals surface area (Å²) < 4.78 is 21.2. The molecule has 1 aromatic rings. The van der Waals surface area contributed by atoms with Gasteiger partial charge in [0.1, 0.15) is 0 Å². The zero-order valence-electron chi connectivity index (χ0n) is 17.5. The summed E-state index contributed by atoms with van der Waals surface area (Å²) in [5.41, 5.74) is 9.90.